The van der Waals surface area contributed by atoms with Crippen LogP contribution in [0.15, 0.2) is 43.1 Å². The molecule has 3 aliphatic rings. The number of amides is 3. The Labute approximate surface area is 212 Å². The van der Waals surface area contributed by atoms with Gasteiger partial charge in [-0.2, -0.15) is 4.98 Å². The van der Waals surface area contributed by atoms with E-state index in [-0.39, 0.29) is 18.0 Å². The van der Waals surface area contributed by atoms with Gasteiger partial charge in [0.05, 0.1) is 6.54 Å². The van der Waals surface area contributed by atoms with Gasteiger partial charge in [-0.05, 0) is 50.2 Å². The molecule has 0 saturated carbocycles. The maximum atomic E-state index is 13.2. The number of nitrogens with zero attached hydrogens (tertiary/aromatic N) is 7. The fraction of sp³-hybridized carbons (Fsp3) is 0.462. The van der Waals surface area contributed by atoms with E-state index in [2.05, 4.69) is 50.8 Å². The lowest BCUT2D eigenvalue weighted by atomic mass is 10.0. The number of urea groups is 1. The lowest BCUT2D eigenvalue weighted by Crippen LogP contribution is -2.53. The molecule has 1 N–H and O–H groups in total. The number of hydrogen-bond donors (Lipinski definition) is 1. The van der Waals surface area contributed by atoms with Crippen molar-refractivity contribution in [2.75, 3.05) is 68.5 Å². The number of fused-ring (bicyclic) bond motifs is 1. The molecule has 0 unspecified atom stereocenters. The Balaban J connectivity index is 1.24. The molecule has 2 fully saturated rings. The van der Waals surface area contributed by atoms with Gasteiger partial charge in [0.15, 0.2) is 0 Å². The van der Waals surface area contributed by atoms with E-state index < -0.39 is 0 Å². The van der Waals surface area contributed by atoms with Crippen LogP contribution in [-0.2, 0) is 11.3 Å². The predicted molar refractivity (Wildman–Crippen MR) is 141 cm³/mol. The van der Waals surface area contributed by atoms with Gasteiger partial charge in [0.1, 0.15) is 5.82 Å². The van der Waals surface area contributed by atoms with Crippen molar-refractivity contribution < 1.29 is 9.59 Å². The minimum Gasteiger partial charge on any atom is -0.369 e. The zero-order valence-corrected chi connectivity index (χ0v) is 21.1. The molecular formula is C26H34N8O2. The van der Waals surface area contributed by atoms with Crippen LogP contribution in [0.1, 0.15) is 18.4 Å². The first-order valence-corrected chi connectivity index (χ1v) is 12.5. The minimum absolute atomic E-state index is 0.0525. The van der Waals surface area contributed by atoms with Crippen LogP contribution in [0.4, 0.5) is 27.9 Å². The summed E-state index contributed by atoms with van der Waals surface area (Å²) in [5.74, 6) is 1.04. The monoisotopic (exact) mass is 490 g/mol. The zero-order chi connectivity index (χ0) is 25.2. The molecule has 5 rings (SSSR count). The van der Waals surface area contributed by atoms with E-state index in [1.807, 2.05) is 17.0 Å². The number of piperazine rings is 1. The number of anilines is 4. The first-order chi connectivity index (χ1) is 17.4. The average molecular weight is 491 g/mol. The Morgan fingerprint density at radius 1 is 1.06 bits per heavy atom. The second-order valence-electron chi connectivity index (χ2n) is 9.73. The number of likely N-dealkylation sites (N-methyl/N-ethyl adjacent to an activating group) is 1. The molecule has 1 aromatic heterocycles. The summed E-state index contributed by atoms with van der Waals surface area (Å²) in [4.78, 5) is 44.3. The van der Waals surface area contributed by atoms with E-state index in [9.17, 15) is 9.59 Å². The molecule has 36 heavy (non-hydrogen) atoms. The number of likely N-dealkylation sites (tertiary alicyclic amines) is 1. The van der Waals surface area contributed by atoms with Crippen LogP contribution >= 0.6 is 0 Å². The normalized spacial score (nSPS) is 19.3. The third kappa shape index (κ3) is 4.86. The largest absolute Gasteiger partial charge is 0.369 e. The first kappa shape index (κ1) is 24.1. The number of rotatable bonds is 5. The molecule has 4 heterocycles. The standard InChI is InChI=1S/C26H34N8O2/c1-4-23(35)33-11-9-22(10-12-33)34-18-19-17-27-25(29-24(19)31(3)26(34)36)28-20-5-7-21(8-6-20)32-15-13-30(2)14-16-32/h4-8,17,22H,1,9-16,18H2,2-3H3,(H,27,28,29). The number of carbonyl (C=O) groups excluding carboxylic acids is 2. The molecule has 10 nitrogen and oxygen atoms in total. The Morgan fingerprint density at radius 2 is 1.75 bits per heavy atom. The first-order valence-electron chi connectivity index (χ1n) is 12.5. The van der Waals surface area contributed by atoms with Gasteiger partial charge in [-0.15, -0.1) is 0 Å². The summed E-state index contributed by atoms with van der Waals surface area (Å²) in [5, 5.41) is 3.28. The molecule has 0 radical (unpaired) electrons. The molecule has 0 aliphatic carbocycles. The van der Waals surface area contributed by atoms with E-state index in [1.165, 1.54) is 11.8 Å². The highest BCUT2D eigenvalue weighted by Crippen LogP contribution is 2.31. The maximum Gasteiger partial charge on any atom is 0.325 e. The highest BCUT2D eigenvalue weighted by molar-refractivity contribution is 5.93. The van der Waals surface area contributed by atoms with Crippen molar-refractivity contribution in [3.05, 3.63) is 48.7 Å². The molecule has 0 bridgehead atoms. The van der Waals surface area contributed by atoms with E-state index in [0.717, 1.165) is 50.3 Å². The maximum absolute atomic E-state index is 13.2. The molecule has 10 heteroatoms. The highest BCUT2D eigenvalue weighted by Gasteiger charge is 2.36. The van der Waals surface area contributed by atoms with Crippen LogP contribution in [0, 0.1) is 0 Å². The van der Waals surface area contributed by atoms with Crippen molar-refractivity contribution in [1.82, 2.24) is 24.7 Å². The Morgan fingerprint density at radius 3 is 2.42 bits per heavy atom. The Bertz CT molecular complexity index is 1120. The highest BCUT2D eigenvalue weighted by atomic mass is 16.2. The van der Waals surface area contributed by atoms with Gasteiger partial charge in [0, 0.05) is 75.5 Å². The van der Waals surface area contributed by atoms with Crippen LogP contribution in [-0.4, -0.2) is 96.0 Å². The molecule has 1 aromatic carbocycles. The number of piperidine rings is 1. The van der Waals surface area contributed by atoms with Crippen LogP contribution in [0.5, 0.6) is 0 Å². The quantitative estimate of drug-likeness (QED) is 0.645. The van der Waals surface area contributed by atoms with Gasteiger partial charge in [0.25, 0.3) is 0 Å². The molecule has 190 valence electrons. The predicted octanol–water partition coefficient (Wildman–Crippen LogP) is 2.52. The van der Waals surface area contributed by atoms with E-state index in [1.54, 1.807) is 23.0 Å². The molecule has 0 spiro atoms. The van der Waals surface area contributed by atoms with Crippen molar-refractivity contribution in [3.63, 3.8) is 0 Å². The van der Waals surface area contributed by atoms with Gasteiger partial charge in [-0.3, -0.25) is 9.69 Å². The van der Waals surface area contributed by atoms with Crippen molar-refractivity contribution >= 4 is 35.1 Å². The number of nitrogens with one attached hydrogen (secondary N) is 1. The van der Waals surface area contributed by atoms with Crippen molar-refractivity contribution in [1.29, 1.82) is 0 Å². The van der Waals surface area contributed by atoms with Gasteiger partial charge >= 0.3 is 6.03 Å². The number of aromatic nitrogens is 2. The fourth-order valence-electron chi connectivity index (χ4n) is 5.16. The molecule has 2 aromatic rings. The summed E-state index contributed by atoms with van der Waals surface area (Å²) in [6, 6.07) is 8.32. The van der Waals surface area contributed by atoms with Crippen molar-refractivity contribution in [3.8, 4) is 0 Å². The topological polar surface area (TPSA) is 88.2 Å². The average Bonchev–Trinajstić information content (AvgIpc) is 2.91. The van der Waals surface area contributed by atoms with Crippen LogP contribution in [0.2, 0.25) is 0 Å². The molecule has 0 atom stereocenters. The van der Waals surface area contributed by atoms with Gasteiger partial charge in [-0.1, -0.05) is 6.58 Å². The minimum atomic E-state index is -0.0721. The molecule has 3 aliphatic heterocycles. The molecule has 3 amide bonds. The number of benzene rings is 1. The third-order valence-electron chi connectivity index (χ3n) is 7.42. The fourth-order valence-corrected chi connectivity index (χ4v) is 5.16. The van der Waals surface area contributed by atoms with Gasteiger partial charge in [-0.25, -0.2) is 9.78 Å². The second-order valence-corrected chi connectivity index (χ2v) is 9.73. The Hall–Kier alpha value is -3.66. The van der Waals surface area contributed by atoms with Crippen LogP contribution in [0.3, 0.4) is 0 Å². The smallest absolute Gasteiger partial charge is 0.325 e. The van der Waals surface area contributed by atoms with E-state index in [0.29, 0.717) is 31.4 Å². The van der Waals surface area contributed by atoms with Gasteiger partial charge < -0.3 is 24.9 Å². The van der Waals surface area contributed by atoms with Crippen LogP contribution < -0.4 is 15.1 Å². The number of carbonyl (C=O) groups is 2. The summed E-state index contributed by atoms with van der Waals surface area (Å²) < 4.78 is 0. The second kappa shape index (κ2) is 10.1. The van der Waals surface area contributed by atoms with E-state index >= 15 is 0 Å². The van der Waals surface area contributed by atoms with Gasteiger partial charge in [0.2, 0.25) is 11.9 Å². The molecular weight excluding hydrogens is 456 g/mol. The zero-order valence-electron chi connectivity index (χ0n) is 21.1. The Kier molecular flexibility index (Phi) is 6.77. The molecule has 2 saturated heterocycles. The summed E-state index contributed by atoms with van der Waals surface area (Å²) in [6.45, 7) is 9.49. The van der Waals surface area contributed by atoms with E-state index in [4.69, 9.17) is 0 Å². The SMILES string of the molecule is C=CC(=O)N1CCC(N2Cc3cnc(Nc4ccc(N5CCN(C)CC5)cc4)nc3N(C)C2=O)CC1. The number of hydrogen-bond acceptors (Lipinski definition) is 7. The summed E-state index contributed by atoms with van der Waals surface area (Å²) in [7, 11) is 3.91. The third-order valence-corrected chi connectivity index (χ3v) is 7.42. The lowest BCUT2D eigenvalue weighted by molar-refractivity contribution is -0.127. The van der Waals surface area contributed by atoms with Crippen LogP contribution in [0.25, 0.3) is 0 Å². The summed E-state index contributed by atoms with van der Waals surface area (Å²) in [5.41, 5.74) is 3.03. The van der Waals surface area contributed by atoms with Crippen molar-refractivity contribution in [2.24, 2.45) is 0 Å². The lowest BCUT2D eigenvalue weighted by Gasteiger charge is -2.42. The summed E-state index contributed by atoms with van der Waals surface area (Å²) >= 11 is 0. The van der Waals surface area contributed by atoms with Crippen molar-refractivity contribution in [2.45, 2.75) is 25.4 Å². The summed E-state index contributed by atoms with van der Waals surface area (Å²) in [6.07, 6.45) is 4.65.